The molecule has 4 nitrogen and oxygen atoms in total. The van der Waals surface area contributed by atoms with Crippen LogP contribution >= 0.6 is 0 Å². The molecule has 0 aliphatic carbocycles. The maximum absolute atomic E-state index is 12.9. The van der Waals surface area contributed by atoms with Crippen LogP contribution < -0.4 is 10.1 Å². The molecular formula is C22H26N2O2. The van der Waals surface area contributed by atoms with E-state index in [-0.39, 0.29) is 5.91 Å². The summed E-state index contributed by atoms with van der Waals surface area (Å²) in [5.41, 5.74) is 4.00. The Morgan fingerprint density at radius 1 is 1.15 bits per heavy atom. The van der Waals surface area contributed by atoms with Gasteiger partial charge in [0.2, 0.25) is 0 Å². The van der Waals surface area contributed by atoms with Gasteiger partial charge in [0.1, 0.15) is 5.75 Å². The van der Waals surface area contributed by atoms with Crippen LogP contribution in [0.1, 0.15) is 41.3 Å². The van der Waals surface area contributed by atoms with Crippen molar-refractivity contribution in [3.05, 3.63) is 65.4 Å². The number of benzene rings is 2. The van der Waals surface area contributed by atoms with Crippen LogP contribution in [-0.4, -0.2) is 17.6 Å². The minimum absolute atomic E-state index is 0.0539. The first-order chi connectivity index (χ1) is 12.7. The Morgan fingerprint density at radius 3 is 2.69 bits per heavy atom. The highest BCUT2D eigenvalue weighted by Gasteiger charge is 2.17. The van der Waals surface area contributed by atoms with Crippen LogP contribution in [0.25, 0.3) is 10.9 Å². The standard InChI is InChI=1S/C22H26N2O2/c1-4-5-13-24-15-19(18-11-8-12-20(26-3)21(18)24)22(25)23-14-17-10-7-6-9-16(17)2/h6-12,15H,4-5,13-14H2,1-3H3,(H,23,25). The second-order valence-corrected chi connectivity index (χ2v) is 6.56. The van der Waals surface area contributed by atoms with Crippen LogP contribution in [0.3, 0.4) is 0 Å². The number of rotatable bonds is 7. The van der Waals surface area contributed by atoms with E-state index < -0.39 is 0 Å². The van der Waals surface area contributed by atoms with Crippen molar-refractivity contribution >= 4 is 16.8 Å². The third-order valence-corrected chi connectivity index (χ3v) is 4.78. The van der Waals surface area contributed by atoms with Crippen molar-refractivity contribution in [3.63, 3.8) is 0 Å². The summed E-state index contributed by atoms with van der Waals surface area (Å²) in [6.45, 7) is 5.62. The monoisotopic (exact) mass is 350 g/mol. The lowest BCUT2D eigenvalue weighted by molar-refractivity contribution is 0.0952. The molecule has 0 saturated heterocycles. The third-order valence-electron chi connectivity index (χ3n) is 4.78. The number of aromatic nitrogens is 1. The first-order valence-electron chi connectivity index (χ1n) is 9.14. The molecule has 0 spiro atoms. The predicted octanol–water partition coefficient (Wildman–Crippen LogP) is 4.69. The second kappa shape index (κ2) is 8.09. The molecule has 0 aliphatic heterocycles. The maximum Gasteiger partial charge on any atom is 0.253 e. The van der Waals surface area contributed by atoms with E-state index in [1.165, 1.54) is 5.56 Å². The van der Waals surface area contributed by atoms with Crippen LogP contribution in [-0.2, 0) is 13.1 Å². The molecule has 1 aromatic heterocycles. The van der Waals surface area contributed by atoms with Crippen molar-refractivity contribution in [1.29, 1.82) is 0 Å². The molecule has 1 N–H and O–H groups in total. The summed E-state index contributed by atoms with van der Waals surface area (Å²) in [5, 5.41) is 4.00. The number of carbonyl (C=O) groups is 1. The van der Waals surface area contributed by atoms with E-state index in [9.17, 15) is 4.79 Å². The molecule has 0 unspecified atom stereocenters. The number of nitrogens with one attached hydrogen (secondary N) is 1. The molecule has 1 amide bonds. The average Bonchev–Trinajstić information content (AvgIpc) is 3.04. The van der Waals surface area contributed by atoms with E-state index in [2.05, 4.69) is 29.8 Å². The summed E-state index contributed by atoms with van der Waals surface area (Å²) in [4.78, 5) is 12.9. The van der Waals surface area contributed by atoms with Gasteiger partial charge in [-0.25, -0.2) is 0 Å². The average molecular weight is 350 g/mol. The third kappa shape index (κ3) is 3.59. The zero-order valence-corrected chi connectivity index (χ0v) is 15.7. The lowest BCUT2D eigenvalue weighted by Gasteiger charge is -2.08. The molecule has 1 heterocycles. The van der Waals surface area contributed by atoms with Gasteiger partial charge in [-0.1, -0.05) is 49.7 Å². The Morgan fingerprint density at radius 2 is 1.96 bits per heavy atom. The highest BCUT2D eigenvalue weighted by atomic mass is 16.5. The van der Waals surface area contributed by atoms with Gasteiger partial charge in [-0.3, -0.25) is 4.79 Å². The maximum atomic E-state index is 12.9. The molecule has 0 radical (unpaired) electrons. The molecule has 136 valence electrons. The van der Waals surface area contributed by atoms with Crippen LogP contribution in [0, 0.1) is 6.92 Å². The van der Waals surface area contributed by atoms with E-state index in [1.54, 1.807) is 7.11 Å². The summed E-state index contributed by atoms with van der Waals surface area (Å²) in [6.07, 6.45) is 4.12. The Labute approximate surface area is 154 Å². The molecule has 2 aromatic carbocycles. The molecule has 3 rings (SSSR count). The molecule has 0 atom stereocenters. The van der Waals surface area contributed by atoms with Crippen LogP contribution in [0.2, 0.25) is 0 Å². The minimum Gasteiger partial charge on any atom is -0.495 e. The number of fused-ring (bicyclic) bond motifs is 1. The van der Waals surface area contributed by atoms with Crippen LogP contribution in [0.4, 0.5) is 0 Å². The summed E-state index contributed by atoms with van der Waals surface area (Å²) in [5.74, 6) is 0.748. The van der Waals surface area contributed by atoms with Gasteiger partial charge in [-0.15, -0.1) is 0 Å². The van der Waals surface area contributed by atoms with Gasteiger partial charge in [0.05, 0.1) is 18.2 Å². The van der Waals surface area contributed by atoms with Crippen molar-refractivity contribution in [1.82, 2.24) is 9.88 Å². The van der Waals surface area contributed by atoms with Crippen LogP contribution in [0.5, 0.6) is 5.75 Å². The van der Waals surface area contributed by atoms with E-state index in [0.717, 1.165) is 41.6 Å². The van der Waals surface area contributed by atoms with Gasteiger partial charge < -0.3 is 14.6 Å². The molecule has 4 heteroatoms. The number of unbranched alkanes of at least 4 members (excludes halogenated alkanes) is 1. The number of hydrogen-bond donors (Lipinski definition) is 1. The molecule has 26 heavy (non-hydrogen) atoms. The molecule has 0 aliphatic rings. The van der Waals surface area contributed by atoms with E-state index in [4.69, 9.17) is 4.74 Å². The Balaban J connectivity index is 1.91. The van der Waals surface area contributed by atoms with Crippen molar-refractivity contribution < 1.29 is 9.53 Å². The largest absolute Gasteiger partial charge is 0.495 e. The SMILES string of the molecule is CCCCn1cc(C(=O)NCc2ccccc2C)c2cccc(OC)c21. The highest BCUT2D eigenvalue weighted by Crippen LogP contribution is 2.30. The molecular weight excluding hydrogens is 324 g/mol. The summed E-state index contributed by atoms with van der Waals surface area (Å²) in [6, 6.07) is 14.0. The number of carbonyl (C=O) groups excluding carboxylic acids is 1. The summed E-state index contributed by atoms with van der Waals surface area (Å²) >= 11 is 0. The Bertz CT molecular complexity index is 912. The van der Waals surface area contributed by atoms with Crippen molar-refractivity contribution in [3.8, 4) is 5.75 Å². The molecule has 0 fully saturated rings. The quantitative estimate of drug-likeness (QED) is 0.672. The number of aryl methyl sites for hydroxylation is 2. The topological polar surface area (TPSA) is 43.3 Å². The van der Waals surface area contributed by atoms with Crippen molar-refractivity contribution in [2.45, 2.75) is 39.8 Å². The van der Waals surface area contributed by atoms with Gasteiger partial charge in [0, 0.05) is 24.7 Å². The summed E-state index contributed by atoms with van der Waals surface area (Å²) in [7, 11) is 1.67. The summed E-state index contributed by atoms with van der Waals surface area (Å²) < 4.78 is 7.67. The highest BCUT2D eigenvalue weighted by molar-refractivity contribution is 6.08. The van der Waals surface area contributed by atoms with Gasteiger partial charge in [0.15, 0.2) is 0 Å². The first-order valence-corrected chi connectivity index (χ1v) is 9.14. The Hall–Kier alpha value is -2.75. The lowest BCUT2D eigenvalue weighted by atomic mass is 10.1. The van der Waals surface area contributed by atoms with Gasteiger partial charge in [-0.2, -0.15) is 0 Å². The van der Waals surface area contributed by atoms with Gasteiger partial charge in [0.25, 0.3) is 5.91 Å². The number of methoxy groups -OCH3 is 1. The fourth-order valence-corrected chi connectivity index (χ4v) is 3.26. The number of amides is 1. The number of nitrogens with zero attached hydrogens (tertiary/aromatic N) is 1. The lowest BCUT2D eigenvalue weighted by Crippen LogP contribution is -2.23. The van der Waals surface area contributed by atoms with Crippen molar-refractivity contribution in [2.24, 2.45) is 0 Å². The van der Waals surface area contributed by atoms with Crippen molar-refractivity contribution in [2.75, 3.05) is 7.11 Å². The van der Waals surface area contributed by atoms with Crippen LogP contribution in [0.15, 0.2) is 48.7 Å². The number of para-hydroxylation sites is 1. The zero-order valence-electron chi connectivity index (χ0n) is 15.7. The van der Waals surface area contributed by atoms with E-state index in [1.807, 2.05) is 42.6 Å². The number of hydrogen-bond acceptors (Lipinski definition) is 2. The van der Waals surface area contributed by atoms with E-state index in [0.29, 0.717) is 12.1 Å². The predicted molar refractivity (Wildman–Crippen MR) is 106 cm³/mol. The van der Waals surface area contributed by atoms with E-state index >= 15 is 0 Å². The van der Waals surface area contributed by atoms with Gasteiger partial charge >= 0.3 is 0 Å². The fraction of sp³-hybridized carbons (Fsp3) is 0.318. The fourth-order valence-electron chi connectivity index (χ4n) is 3.26. The first kappa shape index (κ1) is 18.1. The molecule has 0 bridgehead atoms. The molecule has 0 saturated carbocycles. The number of ether oxygens (including phenoxy) is 1. The zero-order chi connectivity index (χ0) is 18.5. The second-order valence-electron chi connectivity index (χ2n) is 6.56. The Kier molecular flexibility index (Phi) is 5.61. The minimum atomic E-state index is -0.0539. The normalized spacial score (nSPS) is 10.9. The van der Waals surface area contributed by atoms with Gasteiger partial charge in [-0.05, 0) is 30.5 Å². The smallest absolute Gasteiger partial charge is 0.253 e. The molecule has 3 aromatic rings.